The summed E-state index contributed by atoms with van der Waals surface area (Å²) in [5, 5.41) is 0. The van der Waals surface area contributed by atoms with Crippen LogP contribution < -0.4 is 14.9 Å². The number of ether oxygens (including phenoxy) is 3. The van der Waals surface area contributed by atoms with Gasteiger partial charge in [0.25, 0.3) is 0 Å². The van der Waals surface area contributed by atoms with Crippen molar-refractivity contribution < 1.29 is 27.9 Å². The first-order valence-electron chi connectivity index (χ1n) is 7.65. The van der Waals surface area contributed by atoms with Gasteiger partial charge in [-0.1, -0.05) is 0 Å². The molecule has 0 atom stereocenters. The molecule has 128 valence electrons. The molecule has 0 aliphatic carbocycles. The van der Waals surface area contributed by atoms with Gasteiger partial charge < -0.3 is 23.5 Å². The summed E-state index contributed by atoms with van der Waals surface area (Å²) in [6.07, 6.45) is 0. The van der Waals surface area contributed by atoms with Gasteiger partial charge in [0.1, 0.15) is 5.82 Å². The molecule has 1 aliphatic heterocycles. The number of benzene rings is 1. The van der Waals surface area contributed by atoms with Crippen LogP contribution in [0, 0.1) is 5.82 Å². The Bertz CT molecular complexity index is 546. The maximum Gasteiger partial charge on any atom is 0.498 e. The fourth-order valence-corrected chi connectivity index (χ4v) is 2.26. The Hall–Kier alpha value is -1.31. The highest BCUT2D eigenvalue weighted by molar-refractivity contribution is 6.63. The number of hydrogen-bond donors (Lipinski definition) is 0. The van der Waals surface area contributed by atoms with Crippen molar-refractivity contribution in [2.24, 2.45) is 0 Å². The highest BCUT2D eigenvalue weighted by Gasteiger charge is 2.52. The van der Waals surface area contributed by atoms with Crippen molar-refractivity contribution in [2.45, 2.75) is 45.8 Å². The largest absolute Gasteiger partial charge is 0.498 e. The molecule has 1 saturated heterocycles. The van der Waals surface area contributed by atoms with Gasteiger partial charge in [-0.2, -0.15) is 0 Å². The first-order valence-corrected chi connectivity index (χ1v) is 7.65. The Morgan fingerprint density at radius 3 is 2.22 bits per heavy atom. The third-order valence-electron chi connectivity index (χ3n) is 4.18. The molecule has 7 heteroatoms. The number of methoxy groups -OCH3 is 1. The molecule has 0 radical (unpaired) electrons. The van der Waals surface area contributed by atoms with Crippen molar-refractivity contribution in [3.63, 3.8) is 0 Å². The first-order chi connectivity index (χ1) is 10.7. The van der Waals surface area contributed by atoms with Crippen molar-refractivity contribution in [3.05, 3.63) is 17.9 Å². The molecule has 1 aromatic rings. The van der Waals surface area contributed by atoms with Gasteiger partial charge in [-0.05, 0) is 40.7 Å². The highest BCUT2D eigenvalue weighted by Crippen LogP contribution is 2.38. The van der Waals surface area contributed by atoms with Crippen LogP contribution in [0.15, 0.2) is 12.1 Å². The summed E-state index contributed by atoms with van der Waals surface area (Å²) in [6, 6.07) is 2.62. The van der Waals surface area contributed by atoms with Crippen LogP contribution in [0.2, 0.25) is 0 Å². The molecule has 0 unspecified atom stereocenters. The van der Waals surface area contributed by atoms with Gasteiger partial charge in [0.2, 0.25) is 0 Å². The Morgan fingerprint density at radius 2 is 1.70 bits per heavy atom. The second-order valence-electron chi connectivity index (χ2n) is 6.39. The van der Waals surface area contributed by atoms with E-state index in [-0.39, 0.29) is 12.5 Å². The lowest BCUT2D eigenvalue weighted by atomic mass is 9.78. The van der Waals surface area contributed by atoms with E-state index in [1.165, 1.54) is 19.2 Å². The monoisotopic (exact) mass is 326 g/mol. The second kappa shape index (κ2) is 6.67. The molecule has 0 N–H and O–H groups in total. The standard InChI is InChI=1S/C16H24BFO5/c1-7-20-14-12(8-11(18)9-13(14)21-10-19-6)17-22-15(2,3)16(4,5)23-17/h8-9H,7,10H2,1-6H3. The van der Waals surface area contributed by atoms with Crippen LogP contribution in [-0.2, 0) is 14.0 Å². The predicted molar refractivity (Wildman–Crippen MR) is 85.8 cm³/mol. The van der Waals surface area contributed by atoms with Crippen LogP contribution in [0.1, 0.15) is 34.6 Å². The fourth-order valence-electron chi connectivity index (χ4n) is 2.26. The van der Waals surface area contributed by atoms with Crippen molar-refractivity contribution >= 4 is 12.6 Å². The fraction of sp³-hybridized carbons (Fsp3) is 0.625. The summed E-state index contributed by atoms with van der Waals surface area (Å²) >= 11 is 0. The molecule has 1 aliphatic rings. The maximum absolute atomic E-state index is 14.0. The lowest BCUT2D eigenvalue weighted by molar-refractivity contribution is 0.00578. The lowest BCUT2D eigenvalue weighted by Gasteiger charge is -2.32. The van der Waals surface area contributed by atoms with Crippen molar-refractivity contribution in [2.75, 3.05) is 20.5 Å². The van der Waals surface area contributed by atoms with Gasteiger partial charge >= 0.3 is 7.12 Å². The van der Waals surface area contributed by atoms with E-state index in [1.54, 1.807) is 0 Å². The van der Waals surface area contributed by atoms with Gasteiger partial charge in [-0.3, -0.25) is 0 Å². The van der Waals surface area contributed by atoms with E-state index >= 15 is 0 Å². The third-order valence-corrected chi connectivity index (χ3v) is 4.18. The van der Waals surface area contributed by atoms with Crippen LogP contribution in [0.25, 0.3) is 0 Å². The smallest absolute Gasteiger partial charge is 0.490 e. The van der Waals surface area contributed by atoms with Crippen LogP contribution in [0.5, 0.6) is 11.5 Å². The van der Waals surface area contributed by atoms with E-state index in [1.807, 2.05) is 34.6 Å². The average molecular weight is 326 g/mol. The zero-order valence-corrected chi connectivity index (χ0v) is 14.6. The van der Waals surface area contributed by atoms with Crippen molar-refractivity contribution in [1.82, 2.24) is 0 Å². The van der Waals surface area contributed by atoms with Crippen LogP contribution in [-0.4, -0.2) is 38.8 Å². The normalized spacial score (nSPS) is 19.0. The minimum absolute atomic E-state index is 0.00760. The Balaban J connectivity index is 2.43. The molecule has 0 saturated carbocycles. The topological polar surface area (TPSA) is 46.2 Å². The van der Waals surface area contributed by atoms with Crippen LogP contribution >= 0.6 is 0 Å². The molecule has 2 rings (SSSR count). The van der Waals surface area contributed by atoms with Gasteiger partial charge in [0, 0.05) is 18.6 Å². The first kappa shape index (κ1) is 18.0. The van der Waals surface area contributed by atoms with E-state index in [0.29, 0.717) is 17.8 Å². The molecular formula is C16H24BFO5. The molecule has 5 nitrogen and oxygen atoms in total. The molecule has 1 aromatic carbocycles. The van der Waals surface area contributed by atoms with Crippen LogP contribution in [0.4, 0.5) is 4.39 Å². The Kier molecular flexibility index (Phi) is 5.23. The summed E-state index contributed by atoms with van der Waals surface area (Å²) < 4.78 is 42.0. The maximum atomic E-state index is 14.0. The molecular weight excluding hydrogens is 302 g/mol. The zero-order valence-electron chi connectivity index (χ0n) is 14.6. The molecule has 1 heterocycles. The van der Waals surface area contributed by atoms with E-state index in [9.17, 15) is 4.39 Å². The number of rotatable bonds is 6. The van der Waals surface area contributed by atoms with Gasteiger partial charge in [-0.25, -0.2) is 4.39 Å². The molecule has 1 fully saturated rings. The summed E-state index contributed by atoms with van der Waals surface area (Å²) in [6.45, 7) is 10.00. The summed E-state index contributed by atoms with van der Waals surface area (Å²) in [4.78, 5) is 0. The Morgan fingerprint density at radius 1 is 1.09 bits per heavy atom. The highest BCUT2D eigenvalue weighted by atomic mass is 19.1. The predicted octanol–water partition coefficient (Wildman–Crippen LogP) is 2.51. The van der Waals surface area contributed by atoms with Gasteiger partial charge in [0.05, 0.1) is 17.8 Å². The quantitative estimate of drug-likeness (QED) is 0.594. The molecule has 0 bridgehead atoms. The van der Waals surface area contributed by atoms with E-state index in [2.05, 4.69) is 0 Å². The average Bonchev–Trinajstić information content (AvgIpc) is 2.67. The van der Waals surface area contributed by atoms with E-state index in [4.69, 9.17) is 23.5 Å². The third kappa shape index (κ3) is 3.62. The lowest BCUT2D eigenvalue weighted by Crippen LogP contribution is -2.41. The second-order valence-corrected chi connectivity index (χ2v) is 6.39. The van der Waals surface area contributed by atoms with E-state index < -0.39 is 24.1 Å². The van der Waals surface area contributed by atoms with Crippen molar-refractivity contribution in [3.8, 4) is 11.5 Å². The SMILES string of the molecule is CCOc1c(OCOC)cc(F)cc1B1OC(C)(C)C(C)(C)O1. The summed E-state index contributed by atoms with van der Waals surface area (Å²) in [5.41, 5.74) is -0.584. The minimum atomic E-state index is -0.734. The number of halogens is 1. The van der Waals surface area contributed by atoms with Crippen molar-refractivity contribution in [1.29, 1.82) is 0 Å². The van der Waals surface area contributed by atoms with Gasteiger partial charge in [0.15, 0.2) is 18.3 Å². The van der Waals surface area contributed by atoms with Gasteiger partial charge in [-0.15, -0.1) is 0 Å². The minimum Gasteiger partial charge on any atom is -0.490 e. The summed E-state index contributed by atoms with van der Waals surface area (Å²) in [7, 11) is 0.761. The van der Waals surface area contributed by atoms with Crippen LogP contribution in [0.3, 0.4) is 0 Å². The zero-order chi connectivity index (χ0) is 17.3. The molecule has 23 heavy (non-hydrogen) atoms. The Labute approximate surface area is 137 Å². The molecule has 0 amide bonds. The number of hydrogen-bond acceptors (Lipinski definition) is 5. The molecule has 0 spiro atoms. The van der Waals surface area contributed by atoms with E-state index in [0.717, 1.165) is 0 Å². The summed E-state index contributed by atoms with van der Waals surface area (Å²) in [5.74, 6) is 0.215. The molecule has 0 aromatic heterocycles.